The number of aromatic nitrogens is 1. The largest absolute Gasteiger partial charge is 0.469 e. The van der Waals surface area contributed by atoms with Gasteiger partial charge in [0.2, 0.25) is 0 Å². The maximum atomic E-state index is 11.5. The Bertz CT molecular complexity index is 612. The van der Waals surface area contributed by atoms with Crippen molar-refractivity contribution in [2.45, 2.75) is 13.0 Å². The van der Waals surface area contributed by atoms with Gasteiger partial charge in [-0.1, -0.05) is 30.3 Å². The summed E-state index contributed by atoms with van der Waals surface area (Å²) in [6, 6.07) is 10.2. The fourth-order valence-corrected chi connectivity index (χ4v) is 3.47. The zero-order chi connectivity index (χ0) is 14.7. The lowest BCUT2D eigenvalue weighted by Crippen LogP contribution is -2.23. The summed E-state index contributed by atoms with van der Waals surface area (Å²) in [5, 5.41) is 3.16. The fourth-order valence-electron chi connectivity index (χ4n) is 2.66. The van der Waals surface area contributed by atoms with E-state index in [9.17, 15) is 4.79 Å². The molecule has 2 aromatic rings. The van der Waals surface area contributed by atoms with Gasteiger partial charge in [0.15, 0.2) is 0 Å². The molecule has 5 heteroatoms. The number of nitrogens with zero attached hydrogens (tertiary/aromatic N) is 2. The van der Waals surface area contributed by atoms with E-state index in [0.717, 1.165) is 42.3 Å². The lowest BCUT2D eigenvalue weighted by Gasteiger charge is -2.13. The van der Waals surface area contributed by atoms with E-state index in [0.29, 0.717) is 0 Å². The molecule has 2 heterocycles. The van der Waals surface area contributed by atoms with Crippen LogP contribution in [0.5, 0.6) is 0 Å². The molecule has 0 spiro atoms. The van der Waals surface area contributed by atoms with Crippen LogP contribution in [0, 0.1) is 5.92 Å². The molecule has 1 fully saturated rings. The Morgan fingerprint density at radius 3 is 3.00 bits per heavy atom. The van der Waals surface area contributed by atoms with Crippen molar-refractivity contribution >= 4 is 17.3 Å². The Balaban J connectivity index is 1.62. The number of carbonyl (C=O) groups excluding carboxylic acids is 1. The minimum Gasteiger partial charge on any atom is -0.469 e. The van der Waals surface area contributed by atoms with Crippen molar-refractivity contribution in [2.24, 2.45) is 5.92 Å². The fraction of sp³-hybridized carbons (Fsp3) is 0.375. The lowest BCUT2D eigenvalue weighted by molar-refractivity contribution is -0.144. The van der Waals surface area contributed by atoms with Gasteiger partial charge in [-0.15, -0.1) is 11.3 Å². The van der Waals surface area contributed by atoms with E-state index < -0.39 is 0 Å². The average molecular weight is 302 g/mol. The number of carbonyl (C=O) groups is 1. The van der Waals surface area contributed by atoms with Gasteiger partial charge in [-0.05, 0) is 13.0 Å². The minimum atomic E-state index is -0.0965. The van der Waals surface area contributed by atoms with E-state index in [-0.39, 0.29) is 11.9 Å². The Hall–Kier alpha value is -1.72. The van der Waals surface area contributed by atoms with Crippen LogP contribution in [0.15, 0.2) is 35.7 Å². The van der Waals surface area contributed by atoms with Crippen molar-refractivity contribution in [1.29, 1.82) is 0 Å². The molecule has 110 valence electrons. The predicted octanol–water partition coefficient (Wildman–Crippen LogP) is 2.81. The second kappa shape index (κ2) is 6.37. The Morgan fingerprint density at radius 1 is 1.43 bits per heavy atom. The summed E-state index contributed by atoms with van der Waals surface area (Å²) in [6.07, 6.45) is 0.877. The van der Waals surface area contributed by atoms with Crippen molar-refractivity contribution < 1.29 is 9.53 Å². The predicted molar refractivity (Wildman–Crippen MR) is 83.0 cm³/mol. The molecule has 21 heavy (non-hydrogen) atoms. The first-order chi connectivity index (χ1) is 10.3. The molecule has 4 nitrogen and oxygen atoms in total. The van der Waals surface area contributed by atoms with E-state index in [1.54, 1.807) is 11.3 Å². The van der Waals surface area contributed by atoms with E-state index >= 15 is 0 Å². The summed E-state index contributed by atoms with van der Waals surface area (Å²) in [4.78, 5) is 18.5. The summed E-state index contributed by atoms with van der Waals surface area (Å²) in [7, 11) is 1.46. The van der Waals surface area contributed by atoms with Gasteiger partial charge in [0.05, 0.1) is 18.7 Å². The highest BCUT2D eigenvalue weighted by Crippen LogP contribution is 2.25. The molecule has 0 amide bonds. The number of hydrogen-bond acceptors (Lipinski definition) is 5. The average Bonchev–Trinajstić information content (AvgIpc) is 3.17. The minimum absolute atomic E-state index is 0.0160. The van der Waals surface area contributed by atoms with Gasteiger partial charge in [0.25, 0.3) is 0 Å². The molecule has 0 radical (unpaired) electrons. The van der Waals surface area contributed by atoms with Gasteiger partial charge in [-0.2, -0.15) is 0 Å². The molecular weight excluding hydrogens is 284 g/mol. The highest BCUT2D eigenvalue weighted by molar-refractivity contribution is 7.13. The Kier molecular flexibility index (Phi) is 4.31. The van der Waals surface area contributed by atoms with Crippen LogP contribution >= 0.6 is 11.3 Å². The molecule has 0 N–H and O–H groups in total. The Morgan fingerprint density at radius 2 is 2.24 bits per heavy atom. The number of rotatable bonds is 4. The monoisotopic (exact) mass is 302 g/mol. The molecule has 1 unspecified atom stereocenters. The molecule has 1 aromatic carbocycles. The standard InChI is InChI=1S/C16H18N2O2S/c1-20-16(19)13-7-8-18(9-13)10-14-11-21-15(17-14)12-5-3-2-4-6-12/h2-6,11,13H,7-10H2,1H3. The van der Waals surface area contributed by atoms with Crippen LogP contribution in [-0.4, -0.2) is 36.1 Å². The molecule has 1 aromatic heterocycles. The third kappa shape index (κ3) is 3.31. The van der Waals surface area contributed by atoms with Crippen LogP contribution in [0.3, 0.4) is 0 Å². The zero-order valence-corrected chi connectivity index (χ0v) is 12.8. The van der Waals surface area contributed by atoms with Crippen LogP contribution in [0.2, 0.25) is 0 Å². The Labute approximate surface area is 128 Å². The van der Waals surface area contributed by atoms with Crippen molar-refractivity contribution in [3.63, 3.8) is 0 Å². The first-order valence-corrected chi connectivity index (χ1v) is 7.94. The lowest BCUT2D eigenvalue weighted by atomic mass is 10.1. The van der Waals surface area contributed by atoms with Crippen molar-refractivity contribution in [3.05, 3.63) is 41.4 Å². The summed E-state index contributed by atoms with van der Waals surface area (Å²) in [6.45, 7) is 2.50. The van der Waals surface area contributed by atoms with Gasteiger partial charge >= 0.3 is 5.97 Å². The second-order valence-electron chi connectivity index (χ2n) is 5.25. The molecule has 1 saturated heterocycles. The molecule has 3 rings (SSSR count). The number of thiazole rings is 1. The number of likely N-dealkylation sites (tertiary alicyclic amines) is 1. The summed E-state index contributed by atoms with van der Waals surface area (Å²) in [5.74, 6) is -0.0806. The summed E-state index contributed by atoms with van der Waals surface area (Å²) in [5.41, 5.74) is 2.23. The number of benzene rings is 1. The third-order valence-electron chi connectivity index (χ3n) is 3.76. The first-order valence-electron chi connectivity index (χ1n) is 7.06. The zero-order valence-electron chi connectivity index (χ0n) is 12.0. The smallest absolute Gasteiger partial charge is 0.310 e. The highest BCUT2D eigenvalue weighted by Gasteiger charge is 2.29. The molecule has 0 bridgehead atoms. The quantitative estimate of drug-likeness (QED) is 0.815. The molecule has 1 aliphatic heterocycles. The van der Waals surface area contributed by atoms with Crippen LogP contribution < -0.4 is 0 Å². The molecule has 1 atom stereocenters. The van der Waals surface area contributed by atoms with Gasteiger partial charge in [-0.3, -0.25) is 9.69 Å². The number of methoxy groups -OCH3 is 1. The number of ether oxygens (including phenoxy) is 1. The molecular formula is C16H18N2O2S. The molecule has 0 saturated carbocycles. The SMILES string of the molecule is COC(=O)C1CCN(Cc2csc(-c3ccccc3)n2)C1. The second-order valence-corrected chi connectivity index (χ2v) is 6.11. The molecule has 0 aliphatic carbocycles. The first kappa shape index (κ1) is 14.2. The third-order valence-corrected chi connectivity index (χ3v) is 4.71. The highest BCUT2D eigenvalue weighted by atomic mass is 32.1. The van der Waals surface area contributed by atoms with E-state index in [4.69, 9.17) is 9.72 Å². The van der Waals surface area contributed by atoms with Crippen molar-refractivity contribution in [1.82, 2.24) is 9.88 Å². The number of hydrogen-bond donors (Lipinski definition) is 0. The van der Waals surface area contributed by atoms with Gasteiger partial charge in [-0.25, -0.2) is 4.98 Å². The van der Waals surface area contributed by atoms with Gasteiger partial charge < -0.3 is 4.74 Å². The summed E-state index contributed by atoms with van der Waals surface area (Å²) >= 11 is 1.67. The van der Waals surface area contributed by atoms with Crippen LogP contribution in [-0.2, 0) is 16.1 Å². The maximum absolute atomic E-state index is 11.5. The summed E-state index contributed by atoms with van der Waals surface area (Å²) < 4.78 is 4.82. The van der Waals surface area contributed by atoms with Crippen LogP contribution in [0.1, 0.15) is 12.1 Å². The normalized spacial score (nSPS) is 18.8. The molecule has 1 aliphatic rings. The van der Waals surface area contributed by atoms with Crippen LogP contribution in [0.25, 0.3) is 10.6 Å². The maximum Gasteiger partial charge on any atom is 0.310 e. The van der Waals surface area contributed by atoms with Gasteiger partial charge in [0.1, 0.15) is 5.01 Å². The van der Waals surface area contributed by atoms with Crippen molar-refractivity contribution in [3.8, 4) is 10.6 Å². The van der Waals surface area contributed by atoms with Gasteiger partial charge in [0, 0.05) is 24.0 Å². The topological polar surface area (TPSA) is 42.4 Å². The van der Waals surface area contributed by atoms with E-state index in [1.165, 1.54) is 7.11 Å². The van der Waals surface area contributed by atoms with Crippen LogP contribution in [0.4, 0.5) is 0 Å². The number of esters is 1. The van der Waals surface area contributed by atoms with E-state index in [1.807, 2.05) is 18.2 Å². The van der Waals surface area contributed by atoms with E-state index in [2.05, 4.69) is 22.4 Å². The van der Waals surface area contributed by atoms with Crippen molar-refractivity contribution in [2.75, 3.05) is 20.2 Å².